The average molecular weight is 237 g/mol. The molecule has 0 spiro atoms. The van der Waals surface area contributed by atoms with Crippen LogP contribution in [-0.4, -0.2) is 22.2 Å². The van der Waals surface area contributed by atoms with Crippen molar-refractivity contribution in [3.63, 3.8) is 0 Å². The van der Waals surface area contributed by atoms with Crippen LogP contribution in [-0.2, 0) is 4.79 Å². The fourth-order valence-electron chi connectivity index (χ4n) is 2.16. The Kier molecular flexibility index (Phi) is 4.21. The summed E-state index contributed by atoms with van der Waals surface area (Å²) in [5.74, 6) is 0.385. The van der Waals surface area contributed by atoms with Crippen LogP contribution in [0, 0.1) is 11.8 Å². The Bertz CT molecular complexity index is 297. The molecule has 0 aromatic heterocycles. The minimum Gasteiger partial charge on any atom is -0.286 e. The number of nitrogens with zero attached hydrogens (tertiary/aromatic N) is 1. The van der Waals surface area contributed by atoms with Crippen molar-refractivity contribution in [2.75, 3.05) is 0 Å². The highest BCUT2D eigenvalue weighted by molar-refractivity contribution is 5.81. The third-order valence-corrected chi connectivity index (χ3v) is 3.63. The largest absolute Gasteiger partial charge is 0.286 e. The van der Waals surface area contributed by atoms with Gasteiger partial charge in [0, 0.05) is 5.92 Å². The van der Waals surface area contributed by atoms with Crippen LogP contribution in [0.5, 0.6) is 0 Å². The number of hydrogen-bond donors (Lipinski definition) is 1. The molecule has 2 unspecified atom stereocenters. The van der Waals surface area contributed by atoms with Crippen molar-refractivity contribution in [3.05, 3.63) is 12.2 Å². The molecule has 2 aliphatic carbocycles. The smallest absolute Gasteiger partial charge is 0.249 e. The van der Waals surface area contributed by atoms with E-state index in [-0.39, 0.29) is 17.9 Å². The van der Waals surface area contributed by atoms with Crippen molar-refractivity contribution in [1.82, 2.24) is 5.06 Å². The average Bonchev–Trinajstić information content (AvgIpc) is 3.19. The van der Waals surface area contributed by atoms with Crippen LogP contribution >= 0.6 is 0 Å². The predicted molar refractivity (Wildman–Crippen MR) is 66.5 cm³/mol. The van der Waals surface area contributed by atoms with E-state index in [1.165, 1.54) is 19.3 Å². The molecule has 2 atom stereocenters. The van der Waals surface area contributed by atoms with Gasteiger partial charge in [-0.15, -0.1) is 0 Å². The van der Waals surface area contributed by atoms with Crippen LogP contribution in [0.15, 0.2) is 12.2 Å². The fraction of sp³-hybridized carbons (Fsp3) is 0.786. The van der Waals surface area contributed by atoms with E-state index in [1.807, 2.05) is 0 Å². The molecule has 0 radical (unpaired) electrons. The number of hydrogen-bond acceptors (Lipinski definition) is 2. The number of rotatable bonds is 7. The van der Waals surface area contributed by atoms with Crippen LogP contribution in [0.1, 0.15) is 51.9 Å². The van der Waals surface area contributed by atoms with Gasteiger partial charge in [-0.1, -0.05) is 31.9 Å². The number of carbonyl (C=O) groups excluding carboxylic acids is 1. The van der Waals surface area contributed by atoms with Crippen molar-refractivity contribution in [3.8, 4) is 0 Å². The summed E-state index contributed by atoms with van der Waals surface area (Å²) in [6, 6.07) is 0.122. The molecule has 3 heteroatoms. The molecule has 0 aromatic carbocycles. The minimum atomic E-state index is -0.0595. The standard InChI is InChI=1S/C14H23NO2/c1-2-3-4-5-6-7-11-10-13(11)14(16)15(17)12-8-9-12/h6-7,11-13,17H,2-5,8-10H2,1H3/b7-6-. The van der Waals surface area contributed by atoms with Crippen LogP contribution < -0.4 is 0 Å². The quantitative estimate of drug-likeness (QED) is 0.320. The van der Waals surface area contributed by atoms with Gasteiger partial charge in [-0.25, -0.2) is 5.06 Å². The monoisotopic (exact) mass is 237 g/mol. The molecule has 2 fully saturated rings. The van der Waals surface area contributed by atoms with Gasteiger partial charge in [0.1, 0.15) is 0 Å². The summed E-state index contributed by atoms with van der Waals surface area (Å²) in [5, 5.41) is 10.6. The maximum atomic E-state index is 11.8. The lowest BCUT2D eigenvalue weighted by molar-refractivity contribution is -0.169. The lowest BCUT2D eigenvalue weighted by Gasteiger charge is -2.12. The first kappa shape index (κ1) is 12.6. The molecule has 2 rings (SSSR count). The Morgan fingerprint density at radius 2 is 2.18 bits per heavy atom. The van der Waals surface area contributed by atoms with E-state index in [4.69, 9.17) is 0 Å². The summed E-state index contributed by atoms with van der Waals surface area (Å²) in [4.78, 5) is 11.8. The number of amides is 1. The fourth-order valence-corrected chi connectivity index (χ4v) is 2.16. The zero-order chi connectivity index (χ0) is 12.3. The second-order valence-electron chi connectivity index (χ2n) is 5.34. The predicted octanol–water partition coefficient (Wildman–Crippen LogP) is 3.14. The second kappa shape index (κ2) is 5.67. The normalized spacial score (nSPS) is 27.4. The van der Waals surface area contributed by atoms with E-state index >= 15 is 0 Å². The highest BCUT2D eigenvalue weighted by Gasteiger charge is 2.46. The molecule has 0 bridgehead atoms. The molecular formula is C14H23NO2. The van der Waals surface area contributed by atoms with E-state index in [9.17, 15) is 10.0 Å². The summed E-state index contributed by atoms with van der Waals surface area (Å²) in [5.41, 5.74) is 0. The Hall–Kier alpha value is -0.830. The summed E-state index contributed by atoms with van der Waals surface area (Å²) in [6.45, 7) is 2.20. The Morgan fingerprint density at radius 1 is 1.41 bits per heavy atom. The van der Waals surface area contributed by atoms with E-state index in [0.717, 1.165) is 30.7 Å². The summed E-state index contributed by atoms with van der Waals surface area (Å²) < 4.78 is 0. The first-order chi connectivity index (χ1) is 8.24. The Balaban J connectivity index is 1.64. The maximum absolute atomic E-state index is 11.8. The first-order valence-electron chi connectivity index (χ1n) is 6.92. The summed E-state index contributed by atoms with van der Waals surface area (Å²) >= 11 is 0. The molecule has 2 saturated carbocycles. The lowest BCUT2D eigenvalue weighted by atomic mass is 10.2. The van der Waals surface area contributed by atoms with Gasteiger partial charge in [-0.2, -0.15) is 0 Å². The topological polar surface area (TPSA) is 40.5 Å². The second-order valence-corrected chi connectivity index (χ2v) is 5.34. The van der Waals surface area contributed by atoms with Gasteiger partial charge in [0.15, 0.2) is 0 Å². The van der Waals surface area contributed by atoms with Crippen LogP contribution in [0.2, 0.25) is 0 Å². The van der Waals surface area contributed by atoms with Crippen molar-refractivity contribution < 1.29 is 10.0 Å². The maximum Gasteiger partial charge on any atom is 0.249 e. The molecule has 17 heavy (non-hydrogen) atoms. The van der Waals surface area contributed by atoms with Gasteiger partial charge in [0.05, 0.1) is 6.04 Å². The summed E-state index contributed by atoms with van der Waals surface area (Å²) in [7, 11) is 0. The van der Waals surface area contributed by atoms with E-state index in [1.54, 1.807) is 0 Å². The molecule has 1 amide bonds. The van der Waals surface area contributed by atoms with Gasteiger partial charge in [-0.3, -0.25) is 10.0 Å². The SMILES string of the molecule is CCCCC/C=C\C1CC1C(=O)N(O)C1CC1. The lowest BCUT2D eigenvalue weighted by Crippen LogP contribution is -2.31. The Labute approximate surface area is 103 Å². The van der Waals surface area contributed by atoms with Crippen molar-refractivity contribution in [2.24, 2.45) is 11.8 Å². The molecule has 0 saturated heterocycles. The zero-order valence-electron chi connectivity index (χ0n) is 10.6. The van der Waals surface area contributed by atoms with E-state index < -0.39 is 0 Å². The number of unbranched alkanes of at least 4 members (excludes halogenated alkanes) is 3. The molecule has 0 aromatic rings. The van der Waals surface area contributed by atoms with Crippen LogP contribution in [0.3, 0.4) is 0 Å². The van der Waals surface area contributed by atoms with Gasteiger partial charge in [-0.05, 0) is 38.0 Å². The molecule has 1 N–H and O–H groups in total. The molecule has 2 aliphatic rings. The van der Waals surface area contributed by atoms with Gasteiger partial charge < -0.3 is 0 Å². The van der Waals surface area contributed by atoms with Gasteiger partial charge in [0.2, 0.25) is 5.91 Å². The van der Waals surface area contributed by atoms with Gasteiger partial charge >= 0.3 is 0 Å². The van der Waals surface area contributed by atoms with Crippen LogP contribution in [0.4, 0.5) is 0 Å². The van der Waals surface area contributed by atoms with Crippen molar-refractivity contribution in [1.29, 1.82) is 0 Å². The van der Waals surface area contributed by atoms with Crippen molar-refractivity contribution in [2.45, 2.75) is 57.9 Å². The minimum absolute atomic E-state index is 0.0584. The number of hydroxylamine groups is 2. The summed E-state index contributed by atoms with van der Waals surface area (Å²) in [6.07, 6.45) is 12.1. The highest BCUT2D eigenvalue weighted by atomic mass is 16.5. The Morgan fingerprint density at radius 3 is 2.82 bits per heavy atom. The van der Waals surface area contributed by atoms with E-state index in [0.29, 0.717) is 5.92 Å². The van der Waals surface area contributed by atoms with Crippen LogP contribution in [0.25, 0.3) is 0 Å². The molecule has 0 aliphatic heterocycles. The number of allylic oxidation sites excluding steroid dienone is 2. The van der Waals surface area contributed by atoms with Gasteiger partial charge in [0.25, 0.3) is 0 Å². The van der Waals surface area contributed by atoms with E-state index in [2.05, 4.69) is 19.1 Å². The highest BCUT2D eigenvalue weighted by Crippen LogP contribution is 2.42. The zero-order valence-corrected chi connectivity index (χ0v) is 10.6. The molecule has 0 heterocycles. The molecular weight excluding hydrogens is 214 g/mol. The molecule has 96 valence electrons. The molecule has 3 nitrogen and oxygen atoms in total. The first-order valence-corrected chi connectivity index (χ1v) is 6.92. The van der Waals surface area contributed by atoms with Crippen molar-refractivity contribution >= 4 is 5.91 Å². The number of carbonyl (C=O) groups is 1. The third-order valence-electron chi connectivity index (χ3n) is 3.63. The third kappa shape index (κ3) is 3.56.